The summed E-state index contributed by atoms with van der Waals surface area (Å²) in [5.74, 6) is -0.506. The fraction of sp³-hybridized carbons (Fsp3) is 0.263. The topological polar surface area (TPSA) is 58.6 Å². The van der Waals surface area contributed by atoms with Crippen LogP contribution in [0.3, 0.4) is 0 Å². The number of carbonyl (C=O) groups is 2. The average Bonchev–Trinajstić information content (AvgIpc) is 2.59. The van der Waals surface area contributed by atoms with Gasteiger partial charge in [0.2, 0.25) is 5.91 Å². The number of hydrogen-bond donors (Lipinski definition) is 1. The molecule has 0 aliphatic rings. The van der Waals surface area contributed by atoms with Gasteiger partial charge >= 0.3 is 5.97 Å². The number of ether oxygens (including phenoxy) is 1. The maximum Gasteiger partial charge on any atom is 0.337 e. The molecule has 0 aromatic heterocycles. The van der Waals surface area contributed by atoms with Crippen LogP contribution in [0.5, 0.6) is 0 Å². The van der Waals surface area contributed by atoms with E-state index in [4.69, 9.17) is 0 Å². The lowest BCUT2D eigenvalue weighted by Crippen LogP contribution is -2.33. The zero-order valence-electron chi connectivity index (χ0n) is 14.2. The fourth-order valence-corrected chi connectivity index (χ4v) is 2.39. The van der Waals surface area contributed by atoms with Gasteiger partial charge in [-0.15, -0.1) is 0 Å². The molecular weight excluding hydrogens is 304 g/mol. The van der Waals surface area contributed by atoms with Crippen molar-refractivity contribution in [2.24, 2.45) is 0 Å². The Labute approximate surface area is 142 Å². The van der Waals surface area contributed by atoms with Crippen LogP contribution in [0, 0.1) is 6.92 Å². The summed E-state index contributed by atoms with van der Waals surface area (Å²) in [5, 5.41) is 2.84. The normalized spacial score (nSPS) is 10.1. The van der Waals surface area contributed by atoms with Gasteiger partial charge in [0.1, 0.15) is 0 Å². The SMILES string of the molecule is CCN(CC(=O)Nc1ccc(C(=O)OC)cc1)c1cccc(C)c1. The fourth-order valence-electron chi connectivity index (χ4n) is 2.39. The van der Waals surface area contributed by atoms with Crippen LogP contribution in [-0.2, 0) is 9.53 Å². The number of rotatable bonds is 6. The lowest BCUT2D eigenvalue weighted by Gasteiger charge is -2.23. The number of likely N-dealkylation sites (N-methyl/N-ethyl adjacent to an activating group) is 1. The Morgan fingerprint density at radius 2 is 1.83 bits per heavy atom. The molecule has 0 unspecified atom stereocenters. The molecule has 1 amide bonds. The van der Waals surface area contributed by atoms with E-state index in [0.717, 1.165) is 17.8 Å². The van der Waals surface area contributed by atoms with Crippen molar-refractivity contribution in [3.8, 4) is 0 Å². The zero-order valence-corrected chi connectivity index (χ0v) is 14.2. The molecule has 1 N–H and O–H groups in total. The predicted molar refractivity (Wildman–Crippen MR) is 95.5 cm³/mol. The van der Waals surface area contributed by atoms with Gasteiger partial charge in [-0.25, -0.2) is 4.79 Å². The first kappa shape index (κ1) is 17.5. The summed E-state index contributed by atoms with van der Waals surface area (Å²) >= 11 is 0. The largest absolute Gasteiger partial charge is 0.465 e. The molecule has 2 aromatic carbocycles. The third-order valence-electron chi connectivity index (χ3n) is 3.67. The van der Waals surface area contributed by atoms with Crippen LogP contribution >= 0.6 is 0 Å². The highest BCUT2D eigenvalue weighted by Crippen LogP contribution is 2.16. The highest BCUT2D eigenvalue weighted by molar-refractivity contribution is 5.95. The molecule has 2 rings (SSSR count). The predicted octanol–water partition coefficient (Wildman–Crippen LogP) is 3.25. The van der Waals surface area contributed by atoms with E-state index in [2.05, 4.69) is 16.1 Å². The molecule has 0 atom stereocenters. The van der Waals surface area contributed by atoms with E-state index >= 15 is 0 Å². The van der Waals surface area contributed by atoms with Gasteiger partial charge in [0.25, 0.3) is 0 Å². The summed E-state index contributed by atoms with van der Waals surface area (Å²) < 4.78 is 4.65. The van der Waals surface area contributed by atoms with Crippen LogP contribution in [0.1, 0.15) is 22.8 Å². The first-order valence-electron chi connectivity index (χ1n) is 7.83. The second kappa shape index (κ2) is 8.15. The molecule has 2 aromatic rings. The molecule has 0 spiro atoms. The molecule has 5 nitrogen and oxygen atoms in total. The quantitative estimate of drug-likeness (QED) is 0.828. The summed E-state index contributed by atoms with van der Waals surface area (Å²) in [6.07, 6.45) is 0. The molecule has 0 aliphatic carbocycles. The zero-order chi connectivity index (χ0) is 17.5. The number of hydrogen-bond acceptors (Lipinski definition) is 4. The van der Waals surface area contributed by atoms with Crippen molar-refractivity contribution in [1.82, 2.24) is 0 Å². The Morgan fingerprint density at radius 1 is 1.12 bits per heavy atom. The van der Waals surface area contributed by atoms with Gasteiger partial charge in [0, 0.05) is 17.9 Å². The number of nitrogens with one attached hydrogen (secondary N) is 1. The Bertz CT molecular complexity index is 711. The van der Waals surface area contributed by atoms with Crippen molar-refractivity contribution in [2.45, 2.75) is 13.8 Å². The molecule has 0 bridgehead atoms. The average molecular weight is 326 g/mol. The monoisotopic (exact) mass is 326 g/mol. The van der Waals surface area contributed by atoms with E-state index in [1.165, 1.54) is 7.11 Å². The van der Waals surface area contributed by atoms with Crippen molar-refractivity contribution < 1.29 is 14.3 Å². The number of aryl methyl sites for hydroxylation is 1. The van der Waals surface area contributed by atoms with E-state index in [1.54, 1.807) is 24.3 Å². The van der Waals surface area contributed by atoms with Gasteiger partial charge in [-0.05, 0) is 55.8 Å². The summed E-state index contributed by atoms with van der Waals surface area (Å²) in [6.45, 7) is 5.04. The number of amides is 1. The second-order valence-electron chi connectivity index (χ2n) is 5.47. The van der Waals surface area contributed by atoms with Gasteiger partial charge in [0.05, 0.1) is 19.2 Å². The van der Waals surface area contributed by atoms with Crippen molar-refractivity contribution >= 4 is 23.3 Å². The molecule has 5 heteroatoms. The van der Waals surface area contributed by atoms with Gasteiger partial charge in [-0.3, -0.25) is 4.79 Å². The molecule has 0 saturated carbocycles. The maximum atomic E-state index is 12.3. The van der Waals surface area contributed by atoms with E-state index in [0.29, 0.717) is 11.3 Å². The second-order valence-corrected chi connectivity index (χ2v) is 5.47. The molecule has 0 aliphatic heterocycles. The number of carbonyl (C=O) groups excluding carboxylic acids is 2. The summed E-state index contributed by atoms with van der Waals surface area (Å²) in [4.78, 5) is 25.7. The number of esters is 1. The Hall–Kier alpha value is -2.82. The van der Waals surface area contributed by atoms with Crippen LogP contribution in [0.4, 0.5) is 11.4 Å². The Morgan fingerprint density at radius 3 is 2.42 bits per heavy atom. The molecule has 0 radical (unpaired) electrons. The molecule has 24 heavy (non-hydrogen) atoms. The van der Waals surface area contributed by atoms with Gasteiger partial charge in [-0.2, -0.15) is 0 Å². The molecule has 0 saturated heterocycles. The molecule has 0 fully saturated rings. The van der Waals surface area contributed by atoms with Gasteiger partial charge < -0.3 is 15.0 Å². The van der Waals surface area contributed by atoms with E-state index < -0.39 is 5.97 Å². The number of anilines is 2. The highest BCUT2D eigenvalue weighted by atomic mass is 16.5. The van der Waals surface area contributed by atoms with Crippen LogP contribution in [-0.4, -0.2) is 32.1 Å². The van der Waals surface area contributed by atoms with Crippen molar-refractivity contribution in [1.29, 1.82) is 0 Å². The van der Waals surface area contributed by atoms with E-state index in [9.17, 15) is 9.59 Å². The van der Waals surface area contributed by atoms with Crippen molar-refractivity contribution in [3.63, 3.8) is 0 Å². The Balaban J connectivity index is 2.00. The Kier molecular flexibility index (Phi) is 5.95. The van der Waals surface area contributed by atoms with Crippen LogP contribution in [0.25, 0.3) is 0 Å². The number of methoxy groups -OCH3 is 1. The van der Waals surface area contributed by atoms with Crippen LogP contribution < -0.4 is 10.2 Å². The third-order valence-corrected chi connectivity index (χ3v) is 3.67. The number of benzene rings is 2. The number of nitrogens with zero attached hydrogens (tertiary/aromatic N) is 1. The lowest BCUT2D eigenvalue weighted by molar-refractivity contribution is -0.115. The molecule has 126 valence electrons. The van der Waals surface area contributed by atoms with E-state index in [1.807, 2.05) is 36.9 Å². The van der Waals surface area contributed by atoms with Gasteiger partial charge in [-0.1, -0.05) is 12.1 Å². The summed E-state index contributed by atoms with van der Waals surface area (Å²) in [7, 11) is 1.34. The maximum absolute atomic E-state index is 12.3. The van der Waals surface area contributed by atoms with E-state index in [-0.39, 0.29) is 12.5 Å². The van der Waals surface area contributed by atoms with Crippen LogP contribution in [0.2, 0.25) is 0 Å². The lowest BCUT2D eigenvalue weighted by atomic mass is 10.2. The summed E-state index contributed by atoms with van der Waals surface area (Å²) in [6, 6.07) is 14.7. The minimum atomic E-state index is -0.399. The minimum Gasteiger partial charge on any atom is -0.465 e. The smallest absolute Gasteiger partial charge is 0.337 e. The van der Waals surface area contributed by atoms with Gasteiger partial charge in [0.15, 0.2) is 0 Å². The summed E-state index contributed by atoms with van der Waals surface area (Å²) in [5.41, 5.74) is 3.27. The first-order chi connectivity index (χ1) is 11.5. The molecular formula is C19H22N2O3. The van der Waals surface area contributed by atoms with Crippen molar-refractivity contribution in [3.05, 3.63) is 59.7 Å². The minimum absolute atomic E-state index is 0.107. The first-order valence-corrected chi connectivity index (χ1v) is 7.83. The highest BCUT2D eigenvalue weighted by Gasteiger charge is 2.11. The molecule has 0 heterocycles. The third kappa shape index (κ3) is 4.59. The standard InChI is InChI=1S/C19H22N2O3/c1-4-21(17-7-5-6-14(2)12-17)13-18(22)20-16-10-8-15(9-11-16)19(23)24-3/h5-12H,4,13H2,1-3H3,(H,20,22). The van der Waals surface area contributed by atoms with Crippen molar-refractivity contribution in [2.75, 3.05) is 30.4 Å². The van der Waals surface area contributed by atoms with Crippen LogP contribution in [0.15, 0.2) is 48.5 Å².